The lowest BCUT2D eigenvalue weighted by Gasteiger charge is -2.09. The summed E-state index contributed by atoms with van der Waals surface area (Å²) in [4.78, 5) is 26.7. The number of aromatic nitrogens is 1. The molecule has 0 aliphatic rings. The summed E-state index contributed by atoms with van der Waals surface area (Å²) in [5, 5.41) is 8.25. The molecule has 0 fully saturated rings. The van der Waals surface area contributed by atoms with Gasteiger partial charge in [0.05, 0.1) is 0 Å². The molecule has 0 atom stereocenters. The molecule has 6 nitrogen and oxygen atoms in total. The van der Waals surface area contributed by atoms with Crippen LogP contribution in [0.1, 0.15) is 18.1 Å². The van der Waals surface area contributed by atoms with Crippen molar-refractivity contribution in [3.63, 3.8) is 0 Å². The van der Waals surface area contributed by atoms with Gasteiger partial charge in [0, 0.05) is 38.1 Å². The summed E-state index contributed by atoms with van der Waals surface area (Å²) in [6.45, 7) is 2.29. The molecule has 0 saturated heterocycles. The Morgan fingerprint density at radius 2 is 1.68 bits per heavy atom. The molecule has 1 aromatic heterocycles. The van der Waals surface area contributed by atoms with Gasteiger partial charge in [-0.05, 0) is 35.4 Å². The van der Waals surface area contributed by atoms with Crippen LogP contribution >= 0.6 is 0 Å². The lowest BCUT2D eigenvalue weighted by molar-refractivity contribution is -0.114. The zero-order valence-electron chi connectivity index (χ0n) is 12.3. The molecule has 1 aromatic carbocycles. The van der Waals surface area contributed by atoms with Crippen LogP contribution in [0, 0.1) is 0 Å². The minimum atomic E-state index is -0.248. The molecular weight excluding hydrogens is 280 g/mol. The first-order valence-electron chi connectivity index (χ1n) is 6.90. The first-order chi connectivity index (χ1) is 10.6. The second-order valence-corrected chi connectivity index (χ2v) is 4.77. The van der Waals surface area contributed by atoms with E-state index in [1.54, 1.807) is 18.5 Å². The average molecular weight is 298 g/mol. The molecule has 0 spiro atoms. The Bertz CT molecular complexity index is 644. The fraction of sp³-hybridized carbons (Fsp3) is 0.188. The Morgan fingerprint density at radius 3 is 2.36 bits per heavy atom. The molecule has 0 unspecified atom stereocenters. The number of nitrogens with one attached hydrogen (secondary N) is 3. The van der Waals surface area contributed by atoms with Crippen LogP contribution in [0.5, 0.6) is 0 Å². The topological polar surface area (TPSA) is 83.1 Å². The highest BCUT2D eigenvalue weighted by Crippen LogP contribution is 2.10. The lowest BCUT2D eigenvalue weighted by Crippen LogP contribution is -2.34. The first-order valence-corrected chi connectivity index (χ1v) is 6.90. The predicted molar refractivity (Wildman–Crippen MR) is 84.1 cm³/mol. The Morgan fingerprint density at radius 1 is 1.00 bits per heavy atom. The van der Waals surface area contributed by atoms with Crippen LogP contribution in [-0.2, 0) is 17.9 Å². The maximum absolute atomic E-state index is 11.7. The lowest BCUT2D eigenvalue weighted by atomic mass is 10.2. The van der Waals surface area contributed by atoms with Gasteiger partial charge in [-0.2, -0.15) is 0 Å². The third-order valence-electron chi connectivity index (χ3n) is 2.90. The zero-order valence-corrected chi connectivity index (χ0v) is 12.3. The smallest absolute Gasteiger partial charge is 0.315 e. The molecule has 3 amide bonds. The van der Waals surface area contributed by atoms with Gasteiger partial charge in [0.15, 0.2) is 0 Å². The number of amides is 3. The van der Waals surface area contributed by atoms with E-state index >= 15 is 0 Å². The molecule has 0 aliphatic carbocycles. The molecule has 114 valence electrons. The van der Waals surface area contributed by atoms with Gasteiger partial charge in [0.2, 0.25) is 5.91 Å². The molecule has 2 aromatic rings. The average Bonchev–Trinajstić information content (AvgIpc) is 2.52. The fourth-order valence-electron chi connectivity index (χ4n) is 1.89. The Hall–Kier alpha value is -2.89. The standard InChI is InChI=1S/C16H18N4O2/c1-12(21)20-15-4-2-3-14(9-15)11-19-16(22)18-10-13-5-7-17-8-6-13/h2-9H,10-11H2,1H3,(H,20,21)(H2,18,19,22). The van der Waals surface area contributed by atoms with Crippen molar-refractivity contribution in [1.29, 1.82) is 0 Å². The van der Waals surface area contributed by atoms with Gasteiger partial charge >= 0.3 is 6.03 Å². The number of carbonyl (C=O) groups excluding carboxylic acids is 2. The van der Waals surface area contributed by atoms with Crippen LogP contribution in [-0.4, -0.2) is 16.9 Å². The van der Waals surface area contributed by atoms with Crippen molar-refractivity contribution < 1.29 is 9.59 Å². The SMILES string of the molecule is CC(=O)Nc1cccc(CNC(=O)NCc2ccncc2)c1. The third-order valence-corrected chi connectivity index (χ3v) is 2.90. The summed E-state index contributed by atoms with van der Waals surface area (Å²) in [7, 11) is 0. The van der Waals surface area contributed by atoms with E-state index in [0.29, 0.717) is 18.8 Å². The Kier molecular flexibility index (Phi) is 5.48. The highest BCUT2D eigenvalue weighted by Gasteiger charge is 2.02. The predicted octanol–water partition coefficient (Wildman–Crippen LogP) is 2.04. The molecule has 0 saturated carbocycles. The minimum Gasteiger partial charge on any atom is -0.334 e. The maximum Gasteiger partial charge on any atom is 0.315 e. The molecular formula is C16H18N4O2. The van der Waals surface area contributed by atoms with Crippen molar-refractivity contribution in [3.8, 4) is 0 Å². The molecule has 0 bridgehead atoms. The van der Waals surface area contributed by atoms with Gasteiger partial charge < -0.3 is 16.0 Å². The summed E-state index contributed by atoms with van der Waals surface area (Å²) >= 11 is 0. The number of rotatable bonds is 5. The monoisotopic (exact) mass is 298 g/mol. The highest BCUT2D eigenvalue weighted by molar-refractivity contribution is 5.88. The number of carbonyl (C=O) groups is 2. The van der Waals surface area contributed by atoms with Crippen molar-refractivity contribution in [2.75, 3.05) is 5.32 Å². The van der Waals surface area contributed by atoms with Gasteiger partial charge in [0.1, 0.15) is 0 Å². The minimum absolute atomic E-state index is 0.125. The normalized spacial score (nSPS) is 9.86. The van der Waals surface area contributed by atoms with Gasteiger partial charge in [-0.15, -0.1) is 0 Å². The highest BCUT2D eigenvalue weighted by atomic mass is 16.2. The second kappa shape index (κ2) is 7.78. The van der Waals surface area contributed by atoms with Gasteiger partial charge in [0.25, 0.3) is 0 Å². The van der Waals surface area contributed by atoms with Crippen molar-refractivity contribution in [3.05, 3.63) is 59.9 Å². The van der Waals surface area contributed by atoms with Crippen LogP contribution < -0.4 is 16.0 Å². The molecule has 0 aliphatic heterocycles. The van der Waals surface area contributed by atoms with Crippen molar-refractivity contribution in [2.45, 2.75) is 20.0 Å². The van der Waals surface area contributed by atoms with Crippen LogP contribution in [0.25, 0.3) is 0 Å². The van der Waals surface area contributed by atoms with E-state index in [1.807, 2.05) is 30.3 Å². The molecule has 1 heterocycles. The molecule has 22 heavy (non-hydrogen) atoms. The van der Waals surface area contributed by atoms with E-state index in [1.165, 1.54) is 6.92 Å². The van der Waals surface area contributed by atoms with E-state index in [4.69, 9.17) is 0 Å². The maximum atomic E-state index is 11.7. The van der Waals surface area contributed by atoms with Crippen LogP contribution in [0.4, 0.5) is 10.5 Å². The van der Waals surface area contributed by atoms with E-state index in [-0.39, 0.29) is 11.9 Å². The summed E-state index contributed by atoms with van der Waals surface area (Å²) in [6, 6.07) is 10.8. The fourth-order valence-corrected chi connectivity index (χ4v) is 1.89. The Balaban J connectivity index is 1.79. The molecule has 3 N–H and O–H groups in total. The summed E-state index contributed by atoms with van der Waals surface area (Å²) in [5.74, 6) is -0.125. The van der Waals surface area contributed by atoms with E-state index in [9.17, 15) is 9.59 Å². The number of pyridine rings is 1. The van der Waals surface area contributed by atoms with Crippen LogP contribution in [0.2, 0.25) is 0 Å². The number of hydrogen-bond acceptors (Lipinski definition) is 3. The summed E-state index contributed by atoms with van der Waals surface area (Å²) in [6.07, 6.45) is 3.37. The van der Waals surface area contributed by atoms with E-state index in [2.05, 4.69) is 20.9 Å². The van der Waals surface area contributed by atoms with Crippen molar-refractivity contribution in [2.24, 2.45) is 0 Å². The van der Waals surface area contributed by atoms with Gasteiger partial charge in [-0.25, -0.2) is 4.79 Å². The van der Waals surface area contributed by atoms with Gasteiger partial charge in [-0.3, -0.25) is 9.78 Å². The number of anilines is 1. The third kappa shape index (κ3) is 5.24. The molecule has 0 radical (unpaired) electrons. The Labute approximate surface area is 129 Å². The summed E-state index contributed by atoms with van der Waals surface area (Å²) in [5.41, 5.74) is 2.60. The van der Waals surface area contributed by atoms with Crippen molar-refractivity contribution >= 4 is 17.6 Å². The van der Waals surface area contributed by atoms with Crippen LogP contribution in [0.3, 0.4) is 0 Å². The number of hydrogen-bond donors (Lipinski definition) is 3. The molecule has 2 rings (SSSR count). The molecule has 6 heteroatoms. The van der Waals surface area contributed by atoms with Crippen LogP contribution in [0.15, 0.2) is 48.8 Å². The van der Waals surface area contributed by atoms with Crippen molar-refractivity contribution in [1.82, 2.24) is 15.6 Å². The quantitative estimate of drug-likeness (QED) is 0.790. The second-order valence-electron chi connectivity index (χ2n) is 4.77. The van der Waals surface area contributed by atoms with E-state index in [0.717, 1.165) is 11.1 Å². The zero-order chi connectivity index (χ0) is 15.8. The van der Waals surface area contributed by atoms with E-state index < -0.39 is 0 Å². The number of benzene rings is 1. The summed E-state index contributed by atoms with van der Waals surface area (Å²) < 4.78 is 0. The largest absolute Gasteiger partial charge is 0.334 e. The number of nitrogens with zero attached hydrogens (tertiary/aromatic N) is 1. The first kappa shape index (κ1) is 15.5. The number of urea groups is 1. The van der Waals surface area contributed by atoms with Gasteiger partial charge in [-0.1, -0.05) is 12.1 Å².